The quantitative estimate of drug-likeness (QED) is 0.259. The zero-order valence-corrected chi connectivity index (χ0v) is 20.0. The molecular formula is C28H32N4O2. The molecule has 0 bridgehead atoms. The van der Waals surface area contributed by atoms with Gasteiger partial charge in [-0.1, -0.05) is 32.0 Å². The van der Waals surface area contributed by atoms with Gasteiger partial charge in [-0.05, 0) is 60.1 Å². The Morgan fingerprint density at radius 1 is 1.18 bits per heavy atom. The molecule has 1 aliphatic carbocycles. The van der Waals surface area contributed by atoms with E-state index in [-0.39, 0.29) is 0 Å². The highest BCUT2D eigenvalue weighted by atomic mass is 16.5. The number of anilines is 3. The highest BCUT2D eigenvalue weighted by Gasteiger charge is 2.24. The third kappa shape index (κ3) is 4.21. The molecule has 5 rings (SSSR count). The molecule has 0 saturated heterocycles. The van der Waals surface area contributed by atoms with E-state index in [4.69, 9.17) is 4.74 Å². The number of hydrogen-bond acceptors (Lipinski definition) is 5. The number of aliphatic hydroxyl groups is 1. The number of nitrogens with one attached hydrogen (secondary N) is 3. The molecule has 0 fully saturated rings. The van der Waals surface area contributed by atoms with E-state index in [1.165, 1.54) is 22.0 Å². The lowest BCUT2D eigenvalue weighted by atomic mass is 9.99. The Bertz CT molecular complexity index is 1310. The van der Waals surface area contributed by atoms with Gasteiger partial charge in [-0.2, -0.15) is 0 Å². The maximum absolute atomic E-state index is 10.1. The van der Waals surface area contributed by atoms with Gasteiger partial charge in [-0.3, -0.25) is 4.98 Å². The minimum absolute atomic E-state index is 0.466. The fourth-order valence-corrected chi connectivity index (χ4v) is 4.92. The topological polar surface area (TPSA) is 82.2 Å². The van der Waals surface area contributed by atoms with Crippen LogP contribution in [0.4, 0.5) is 17.1 Å². The molecule has 2 heterocycles. The molecule has 0 aliphatic heterocycles. The number of para-hydroxylation sites is 1. The first-order valence-corrected chi connectivity index (χ1v) is 12.0. The fourth-order valence-electron chi connectivity index (χ4n) is 4.92. The van der Waals surface area contributed by atoms with Crippen molar-refractivity contribution in [3.63, 3.8) is 0 Å². The highest BCUT2D eigenvalue weighted by molar-refractivity contribution is 5.86. The van der Waals surface area contributed by atoms with E-state index in [9.17, 15) is 5.11 Å². The van der Waals surface area contributed by atoms with E-state index in [2.05, 4.69) is 58.8 Å². The van der Waals surface area contributed by atoms with Gasteiger partial charge in [-0.15, -0.1) is 0 Å². The average Bonchev–Trinajstić information content (AvgIpc) is 3.44. The summed E-state index contributed by atoms with van der Waals surface area (Å²) in [5.74, 6) is 1.28. The summed E-state index contributed by atoms with van der Waals surface area (Å²) in [6, 6.07) is 14.6. The van der Waals surface area contributed by atoms with Crippen LogP contribution in [0, 0.1) is 0 Å². The van der Waals surface area contributed by atoms with Gasteiger partial charge in [0.25, 0.3) is 0 Å². The molecule has 4 N–H and O–H groups in total. The number of rotatable bonds is 8. The largest absolute Gasteiger partial charge is 0.495 e. The van der Waals surface area contributed by atoms with Crippen LogP contribution in [0.25, 0.3) is 10.9 Å². The van der Waals surface area contributed by atoms with Crippen molar-refractivity contribution in [2.45, 2.75) is 45.1 Å². The van der Waals surface area contributed by atoms with Crippen LogP contribution in [0.15, 0.2) is 54.9 Å². The Kier molecular flexibility index (Phi) is 6.16. The Labute approximate surface area is 200 Å². The van der Waals surface area contributed by atoms with Crippen LogP contribution < -0.4 is 15.4 Å². The van der Waals surface area contributed by atoms with Gasteiger partial charge in [0.1, 0.15) is 5.75 Å². The second-order valence-electron chi connectivity index (χ2n) is 9.23. The summed E-state index contributed by atoms with van der Waals surface area (Å²) in [7, 11) is 1.69. The molecule has 6 heteroatoms. The number of pyridine rings is 1. The molecule has 6 nitrogen and oxygen atoms in total. The lowest BCUT2D eigenvalue weighted by Crippen LogP contribution is -2.06. The Hall–Kier alpha value is -3.51. The molecule has 0 radical (unpaired) electrons. The first-order valence-electron chi connectivity index (χ1n) is 12.0. The number of aliphatic hydroxyl groups excluding tert-OH is 1. The Morgan fingerprint density at radius 3 is 2.88 bits per heavy atom. The van der Waals surface area contributed by atoms with Crippen LogP contribution in [0.1, 0.15) is 54.7 Å². The van der Waals surface area contributed by atoms with Gasteiger partial charge in [0.2, 0.25) is 0 Å². The van der Waals surface area contributed by atoms with Crippen LogP contribution >= 0.6 is 0 Å². The van der Waals surface area contributed by atoms with Gasteiger partial charge in [-0.25, -0.2) is 0 Å². The molecule has 0 spiro atoms. The maximum atomic E-state index is 10.1. The Balaban J connectivity index is 1.28. The van der Waals surface area contributed by atoms with Crippen molar-refractivity contribution < 1.29 is 9.84 Å². The van der Waals surface area contributed by atoms with E-state index >= 15 is 0 Å². The molecule has 1 aliphatic rings. The lowest BCUT2D eigenvalue weighted by Gasteiger charge is -2.15. The SMILES string of the molecule is COc1cc(Nc2ccnc3c2CCC3O)ccc1NCCc1c[nH]c2c(C(C)C)cccc12. The average molecular weight is 457 g/mol. The normalized spacial score (nSPS) is 15.0. The first kappa shape index (κ1) is 22.3. The number of ether oxygens (including phenoxy) is 1. The zero-order chi connectivity index (χ0) is 23.7. The van der Waals surface area contributed by atoms with Crippen molar-refractivity contribution in [3.05, 3.63) is 77.2 Å². The van der Waals surface area contributed by atoms with Crippen molar-refractivity contribution in [1.29, 1.82) is 0 Å². The Morgan fingerprint density at radius 2 is 2.06 bits per heavy atom. The van der Waals surface area contributed by atoms with Crippen LogP contribution in [0.2, 0.25) is 0 Å². The molecule has 1 atom stereocenters. The van der Waals surface area contributed by atoms with Crippen molar-refractivity contribution >= 4 is 28.0 Å². The number of hydrogen-bond donors (Lipinski definition) is 4. The molecule has 2 aromatic heterocycles. The number of aromatic amines is 1. The number of aromatic nitrogens is 2. The van der Waals surface area contributed by atoms with Gasteiger partial charge in [0.05, 0.1) is 24.6 Å². The monoisotopic (exact) mass is 456 g/mol. The minimum Gasteiger partial charge on any atom is -0.495 e. The van der Waals surface area contributed by atoms with Crippen molar-refractivity contribution in [2.75, 3.05) is 24.3 Å². The number of nitrogens with zero attached hydrogens (tertiary/aromatic N) is 1. The number of methoxy groups -OCH3 is 1. The van der Waals surface area contributed by atoms with E-state index in [0.29, 0.717) is 5.92 Å². The summed E-state index contributed by atoms with van der Waals surface area (Å²) in [5.41, 5.74) is 8.69. The van der Waals surface area contributed by atoms with E-state index in [0.717, 1.165) is 59.9 Å². The van der Waals surface area contributed by atoms with Crippen molar-refractivity contribution in [3.8, 4) is 5.75 Å². The van der Waals surface area contributed by atoms with E-state index < -0.39 is 6.10 Å². The van der Waals surface area contributed by atoms with E-state index in [1.807, 2.05) is 24.3 Å². The second-order valence-corrected chi connectivity index (χ2v) is 9.23. The molecule has 0 amide bonds. The zero-order valence-electron chi connectivity index (χ0n) is 20.0. The summed E-state index contributed by atoms with van der Waals surface area (Å²) in [5, 5.41) is 18.4. The summed E-state index contributed by atoms with van der Waals surface area (Å²) < 4.78 is 5.67. The molecular weight excluding hydrogens is 424 g/mol. The lowest BCUT2D eigenvalue weighted by molar-refractivity contribution is 0.176. The molecule has 176 valence electrons. The minimum atomic E-state index is -0.466. The predicted molar refractivity (Wildman–Crippen MR) is 138 cm³/mol. The summed E-state index contributed by atoms with van der Waals surface area (Å²) >= 11 is 0. The molecule has 0 saturated carbocycles. The molecule has 34 heavy (non-hydrogen) atoms. The smallest absolute Gasteiger partial charge is 0.144 e. The van der Waals surface area contributed by atoms with Crippen LogP contribution in [0.5, 0.6) is 5.75 Å². The van der Waals surface area contributed by atoms with Gasteiger partial charge >= 0.3 is 0 Å². The van der Waals surface area contributed by atoms with Crippen molar-refractivity contribution in [2.24, 2.45) is 0 Å². The second kappa shape index (κ2) is 9.39. The molecule has 4 aromatic rings. The summed E-state index contributed by atoms with van der Waals surface area (Å²) in [6.45, 7) is 5.26. The van der Waals surface area contributed by atoms with Crippen LogP contribution in [-0.2, 0) is 12.8 Å². The molecule has 2 aromatic carbocycles. The first-order chi connectivity index (χ1) is 16.5. The van der Waals surface area contributed by atoms with Crippen LogP contribution in [-0.4, -0.2) is 28.7 Å². The number of benzene rings is 2. The summed E-state index contributed by atoms with van der Waals surface area (Å²) in [4.78, 5) is 7.83. The standard InChI is InChI=1S/C28H32N4O2/c1-17(2)20-5-4-6-21-18(16-31-27(20)21)11-13-29-24-9-7-19(15-26(24)34-3)32-23-12-14-30-28-22(23)8-10-25(28)33/h4-7,9,12,14-17,25,29,31,33H,8,10-11,13H2,1-3H3,(H,30,32). The highest BCUT2D eigenvalue weighted by Crippen LogP contribution is 2.36. The molecule has 1 unspecified atom stereocenters. The number of fused-ring (bicyclic) bond motifs is 2. The fraction of sp³-hybridized carbons (Fsp3) is 0.321. The van der Waals surface area contributed by atoms with Gasteiger partial charge < -0.3 is 25.5 Å². The van der Waals surface area contributed by atoms with Gasteiger partial charge in [0.15, 0.2) is 0 Å². The van der Waals surface area contributed by atoms with Gasteiger partial charge in [0, 0.05) is 47.3 Å². The van der Waals surface area contributed by atoms with Crippen molar-refractivity contribution in [1.82, 2.24) is 9.97 Å². The third-order valence-electron chi connectivity index (χ3n) is 6.72. The third-order valence-corrected chi connectivity index (χ3v) is 6.72. The van der Waals surface area contributed by atoms with E-state index in [1.54, 1.807) is 13.3 Å². The van der Waals surface area contributed by atoms with Crippen LogP contribution in [0.3, 0.4) is 0 Å². The number of H-pyrrole nitrogens is 1. The maximum Gasteiger partial charge on any atom is 0.144 e. The summed E-state index contributed by atoms with van der Waals surface area (Å²) in [6.07, 6.45) is 5.88. The predicted octanol–water partition coefficient (Wildman–Crippen LogP) is 6.07.